The van der Waals surface area contributed by atoms with Gasteiger partial charge in [0.1, 0.15) is 5.75 Å². The van der Waals surface area contributed by atoms with E-state index in [9.17, 15) is 4.79 Å². The number of benzene rings is 2. The number of amides is 1. The first-order valence-electron chi connectivity index (χ1n) is 7.09. The van der Waals surface area contributed by atoms with E-state index in [4.69, 9.17) is 39.5 Å². The molecule has 3 nitrogen and oxygen atoms in total. The Morgan fingerprint density at radius 3 is 2.48 bits per heavy atom. The molecule has 0 saturated heterocycles. The summed E-state index contributed by atoms with van der Waals surface area (Å²) in [5, 5.41) is 3.69. The van der Waals surface area contributed by atoms with Crippen LogP contribution in [-0.4, -0.2) is 12.0 Å². The molecule has 122 valence electrons. The predicted molar refractivity (Wildman–Crippen MR) is 96.0 cm³/mol. The van der Waals surface area contributed by atoms with E-state index in [0.717, 1.165) is 5.56 Å². The lowest BCUT2D eigenvalue weighted by Gasteiger charge is -2.18. The topological polar surface area (TPSA) is 38.3 Å². The average molecular weight is 373 g/mol. The normalized spacial score (nSPS) is 11.9. The van der Waals surface area contributed by atoms with Gasteiger partial charge in [-0.2, -0.15) is 0 Å². The van der Waals surface area contributed by atoms with E-state index in [1.807, 2.05) is 38.1 Å². The molecule has 2 rings (SSSR count). The van der Waals surface area contributed by atoms with Gasteiger partial charge in [0, 0.05) is 0 Å². The van der Waals surface area contributed by atoms with E-state index >= 15 is 0 Å². The maximum absolute atomic E-state index is 12.4. The SMILES string of the molecule is CCC(Oc1cccc(C)c1)C(=O)Nc1cc(Cl)c(Cl)cc1Cl. The summed E-state index contributed by atoms with van der Waals surface area (Å²) in [5.41, 5.74) is 1.46. The third-order valence-corrected chi connectivity index (χ3v) is 4.23. The van der Waals surface area contributed by atoms with Crippen LogP contribution in [0.2, 0.25) is 15.1 Å². The molecule has 0 fully saturated rings. The number of anilines is 1. The summed E-state index contributed by atoms with van der Waals surface area (Å²) in [6.07, 6.45) is -0.124. The highest BCUT2D eigenvalue weighted by Crippen LogP contribution is 2.32. The highest BCUT2D eigenvalue weighted by atomic mass is 35.5. The second-order valence-corrected chi connectivity index (χ2v) is 6.29. The van der Waals surface area contributed by atoms with Crippen LogP contribution in [0.3, 0.4) is 0 Å². The van der Waals surface area contributed by atoms with Gasteiger partial charge in [0.25, 0.3) is 5.91 Å². The fourth-order valence-electron chi connectivity index (χ4n) is 2.01. The Balaban J connectivity index is 2.13. The second-order valence-electron chi connectivity index (χ2n) is 5.07. The Bertz CT molecular complexity index is 719. The largest absolute Gasteiger partial charge is 0.481 e. The van der Waals surface area contributed by atoms with Crippen molar-refractivity contribution in [3.05, 3.63) is 57.0 Å². The van der Waals surface area contributed by atoms with Crippen LogP contribution < -0.4 is 10.1 Å². The van der Waals surface area contributed by atoms with Crippen molar-refractivity contribution in [3.63, 3.8) is 0 Å². The van der Waals surface area contributed by atoms with E-state index < -0.39 is 6.10 Å². The van der Waals surface area contributed by atoms with Gasteiger partial charge in [0.05, 0.1) is 20.8 Å². The summed E-state index contributed by atoms with van der Waals surface area (Å²) in [7, 11) is 0. The molecular weight excluding hydrogens is 357 g/mol. The van der Waals surface area contributed by atoms with Crippen LogP contribution in [-0.2, 0) is 4.79 Å². The van der Waals surface area contributed by atoms with Gasteiger partial charge >= 0.3 is 0 Å². The van der Waals surface area contributed by atoms with E-state index in [1.165, 1.54) is 12.1 Å². The number of carbonyl (C=O) groups excluding carboxylic acids is 1. The third kappa shape index (κ3) is 4.77. The molecule has 2 aromatic rings. The average Bonchev–Trinajstić information content (AvgIpc) is 2.50. The van der Waals surface area contributed by atoms with E-state index in [1.54, 1.807) is 0 Å². The molecule has 0 saturated carbocycles. The van der Waals surface area contributed by atoms with Gasteiger partial charge in [-0.1, -0.05) is 53.9 Å². The van der Waals surface area contributed by atoms with Crippen molar-refractivity contribution in [2.24, 2.45) is 0 Å². The zero-order chi connectivity index (χ0) is 17.0. The molecule has 0 bridgehead atoms. The number of carbonyl (C=O) groups is 1. The number of rotatable bonds is 5. The monoisotopic (exact) mass is 371 g/mol. The fraction of sp³-hybridized carbons (Fsp3) is 0.235. The number of ether oxygens (including phenoxy) is 1. The molecule has 1 amide bonds. The number of halogens is 3. The summed E-state index contributed by atoms with van der Waals surface area (Å²) >= 11 is 17.9. The quantitative estimate of drug-likeness (QED) is 0.678. The zero-order valence-electron chi connectivity index (χ0n) is 12.7. The Morgan fingerprint density at radius 1 is 1.13 bits per heavy atom. The molecule has 23 heavy (non-hydrogen) atoms. The summed E-state index contributed by atoms with van der Waals surface area (Å²) in [6.45, 7) is 3.83. The molecule has 2 aromatic carbocycles. The summed E-state index contributed by atoms with van der Waals surface area (Å²) in [4.78, 5) is 12.4. The Morgan fingerprint density at radius 2 is 1.83 bits per heavy atom. The molecule has 0 aliphatic carbocycles. The highest BCUT2D eigenvalue weighted by Gasteiger charge is 2.20. The van der Waals surface area contributed by atoms with Crippen LogP contribution in [0.5, 0.6) is 5.75 Å². The molecule has 1 N–H and O–H groups in total. The third-order valence-electron chi connectivity index (χ3n) is 3.20. The van der Waals surface area contributed by atoms with Crippen molar-refractivity contribution in [2.75, 3.05) is 5.32 Å². The van der Waals surface area contributed by atoms with Crippen molar-refractivity contribution in [3.8, 4) is 5.75 Å². The van der Waals surface area contributed by atoms with Gasteiger partial charge in [0.2, 0.25) is 0 Å². The number of hydrogen-bond donors (Lipinski definition) is 1. The molecule has 0 heterocycles. The van der Waals surface area contributed by atoms with Crippen molar-refractivity contribution >= 4 is 46.4 Å². The maximum atomic E-state index is 12.4. The first-order chi connectivity index (χ1) is 10.9. The standard InChI is InChI=1S/C17H16Cl3NO2/c1-3-16(23-11-6-4-5-10(2)7-11)17(22)21-15-9-13(19)12(18)8-14(15)20/h4-9,16H,3H2,1-2H3,(H,21,22). The molecule has 0 aromatic heterocycles. The van der Waals surface area contributed by atoms with Gasteiger partial charge in [-0.15, -0.1) is 0 Å². The van der Waals surface area contributed by atoms with Crippen LogP contribution in [0, 0.1) is 6.92 Å². The molecule has 0 spiro atoms. The Hall–Kier alpha value is -1.42. The molecular formula is C17H16Cl3NO2. The first kappa shape index (κ1) is 17.9. The van der Waals surface area contributed by atoms with Crippen molar-refractivity contribution < 1.29 is 9.53 Å². The zero-order valence-corrected chi connectivity index (χ0v) is 15.0. The van der Waals surface area contributed by atoms with Gasteiger partial charge in [-0.05, 0) is 43.2 Å². The molecule has 6 heteroatoms. The summed E-state index contributed by atoms with van der Waals surface area (Å²) in [6, 6.07) is 10.5. The van der Waals surface area contributed by atoms with Gasteiger partial charge < -0.3 is 10.1 Å². The predicted octanol–water partition coefficient (Wildman–Crippen LogP) is 5.75. The van der Waals surface area contributed by atoms with Gasteiger partial charge in [-0.25, -0.2) is 0 Å². The number of nitrogens with one attached hydrogen (secondary N) is 1. The Kier molecular flexibility index (Phi) is 6.17. The van der Waals surface area contributed by atoms with Crippen molar-refractivity contribution in [1.82, 2.24) is 0 Å². The molecule has 0 aliphatic rings. The number of aryl methyl sites for hydroxylation is 1. The second kappa shape index (κ2) is 7.91. The van der Waals surface area contributed by atoms with Gasteiger partial charge in [0.15, 0.2) is 6.10 Å². The van der Waals surface area contributed by atoms with Crippen LogP contribution in [0.15, 0.2) is 36.4 Å². The minimum absolute atomic E-state index is 0.297. The molecule has 0 radical (unpaired) electrons. The lowest BCUT2D eigenvalue weighted by atomic mass is 10.2. The van der Waals surface area contributed by atoms with Crippen molar-refractivity contribution in [2.45, 2.75) is 26.4 Å². The minimum atomic E-state index is -0.637. The Labute approximate surface area is 150 Å². The van der Waals surface area contributed by atoms with Gasteiger partial charge in [-0.3, -0.25) is 4.79 Å². The van der Waals surface area contributed by atoms with E-state index in [-0.39, 0.29) is 5.91 Å². The van der Waals surface area contributed by atoms with Crippen LogP contribution in [0.1, 0.15) is 18.9 Å². The lowest BCUT2D eigenvalue weighted by Crippen LogP contribution is -2.32. The lowest BCUT2D eigenvalue weighted by molar-refractivity contribution is -0.122. The van der Waals surface area contributed by atoms with E-state index in [2.05, 4.69) is 5.32 Å². The van der Waals surface area contributed by atoms with Crippen molar-refractivity contribution in [1.29, 1.82) is 0 Å². The van der Waals surface area contributed by atoms with Crippen LogP contribution in [0.4, 0.5) is 5.69 Å². The summed E-state index contributed by atoms with van der Waals surface area (Å²) in [5.74, 6) is 0.349. The van der Waals surface area contributed by atoms with E-state index in [0.29, 0.717) is 32.9 Å². The molecule has 0 aliphatic heterocycles. The van der Waals surface area contributed by atoms with Crippen LogP contribution >= 0.6 is 34.8 Å². The van der Waals surface area contributed by atoms with Crippen LogP contribution in [0.25, 0.3) is 0 Å². The maximum Gasteiger partial charge on any atom is 0.265 e. The molecule has 1 unspecified atom stereocenters. The fourth-order valence-corrected chi connectivity index (χ4v) is 2.60. The highest BCUT2D eigenvalue weighted by molar-refractivity contribution is 6.44. The smallest absolute Gasteiger partial charge is 0.265 e. The first-order valence-corrected chi connectivity index (χ1v) is 8.22. The number of hydrogen-bond acceptors (Lipinski definition) is 2. The summed E-state index contributed by atoms with van der Waals surface area (Å²) < 4.78 is 5.76. The minimum Gasteiger partial charge on any atom is -0.481 e. The molecule has 1 atom stereocenters.